The highest BCUT2D eigenvalue weighted by atomic mass is 32.1. The van der Waals surface area contributed by atoms with Crippen LogP contribution in [0.2, 0.25) is 0 Å². The minimum absolute atomic E-state index is 0.0223. The second kappa shape index (κ2) is 5.34. The topological polar surface area (TPSA) is 81.3 Å². The summed E-state index contributed by atoms with van der Waals surface area (Å²) in [5.41, 5.74) is 7.10. The number of rotatable bonds is 3. The minimum Gasteiger partial charge on any atom is -0.396 e. The van der Waals surface area contributed by atoms with Gasteiger partial charge in [0.25, 0.3) is 5.91 Å². The van der Waals surface area contributed by atoms with Crippen molar-refractivity contribution in [3.05, 3.63) is 17.3 Å². The summed E-state index contributed by atoms with van der Waals surface area (Å²) in [6, 6.07) is 0. The molecule has 0 bridgehead atoms. The van der Waals surface area contributed by atoms with Gasteiger partial charge in [-0.15, -0.1) is 11.3 Å². The van der Waals surface area contributed by atoms with E-state index in [9.17, 15) is 4.79 Å². The fourth-order valence-electron chi connectivity index (χ4n) is 2.54. The number of hydrogen-bond donors (Lipinski definition) is 1. The Morgan fingerprint density at radius 2 is 2.35 bits per heavy atom. The first-order valence-corrected chi connectivity index (χ1v) is 7.29. The molecule has 20 heavy (non-hydrogen) atoms. The van der Waals surface area contributed by atoms with Gasteiger partial charge in [0.1, 0.15) is 15.2 Å². The number of nitrogens with two attached hydrogens (primary N) is 1. The van der Waals surface area contributed by atoms with Crippen LogP contribution in [0.1, 0.15) is 16.1 Å². The fraction of sp³-hybridized carbons (Fsp3) is 0.462. The van der Waals surface area contributed by atoms with Gasteiger partial charge in [-0.3, -0.25) is 4.79 Å². The number of likely N-dealkylation sites (tertiary alicyclic amines) is 1. The van der Waals surface area contributed by atoms with E-state index in [1.807, 2.05) is 4.90 Å². The van der Waals surface area contributed by atoms with Gasteiger partial charge in [0, 0.05) is 38.5 Å². The minimum atomic E-state index is -0.0223. The van der Waals surface area contributed by atoms with Crippen LogP contribution < -0.4 is 5.73 Å². The number of anilines is 1. The van der Waals surface area contributed by atoms with Gasteiger partial charge in [-0.1, -0.05) is 0 Å². The summed E-state index contributed by atoms with van der Waals surface area (Å²) in [5.74, 6) is 0.390. The first kappa shape index (κ1) is 13.3. The Bertz CT molecular complexity index is 642. The molecule has 1 amide bonds. The zero-order valence-electron chi connectivity index (χ0n) is 11.2. The third-order valence-corrected chi connectivity index (χ3v) is 4.62. The van der Waals surface area contributed by atoms with Gasteiger partial charge in [0.15, 0.2) is 0 Å². The molecular formula is C13H16N4O2S. The highest BCUT2D eigenvalue weighted by molar-refractivity contribution is 7.21. The molecule has 3 heterocycles. The van der Waals surface area contributed by atoms with Crippen molar-refractivity contribution in [2.24, 2.45) is 5.92 Å². The summed E-state index contributed by atoms with van der Waals surface area (Å²) >= 11 is 1.31. The molecule has 2 N–H and O–H groups in total. The molecule has 6 nitrogen and oxygen atoms in total. The molecule has 1 atom stereocenters. The molecule has 7 heteroatoms. The van der Waals surface area contributed by atoms with Gasteiger partial charge in [0.2, 0.25) is 0 Å². The quantitative estimate of drug-likeness (QED) is 0.924. The second-order valence-corrected chi connectivity index (χ2v) is 5.92. The Balaban J connectivity index is 1.84. The summed E-state index contributed by atoms with van der Waals surface area (Å²) in [6.45, 7) is 2.16. The molecule has 1 aliphatic heterocycles. The van der Waals surface area contributed by atoms with Crippen molar-refractivity contribution in [1.82, 2.24) is 14.9 Å². The lowest BCUT2D eigenvalue weighted by atomic mass is 10.1. The van der Waals surface area contributed by atoms with Gasteiger partial charge in [-0.25, -0.2) is 9.97 Å². The molecule has 1 fully saturated rings. The van der Waals surface area contributed by atoms with Crippen molar-refractivity contribution in [2.75, 3.05) is 32.5 Å². The van der Waals surface area contributed by atoms with Crippen LogP contribution in [-0.2, 0) is 4.74 Å². The van der Waals surface area contributed by atoms with Crippen LogP contribution in [0.15, 0.2) is 12.4 Å². The number of nitrogen functional groups attached to an aromatic ring is 1. The average molecular weight is 292 g/mol. The molecule has 1 unspecified atom stereocenters. The van der Waals surface area contributed by atoms with Crippen LogP contribution in [0.5, 0.6) is 0 Å². The van der Waals surface area contributed by atoms with Crippen LogP contribution in [-0.4, -0.2) is 47.6 Å². The molecule has 0 aliphatic carbocycles. The maximum atomic E-state index is 12.5. The Labute approximate surface area is 120 Å². The van der Waals surface area contributed by atoms with Crippen LogP contribution in [0, 0.1) is 5.92 Å². The van der Waals surface area contributed by atoms with Crippen molar-refractivity contribution >= 4 is 33.3 Å². The van der Waals surface area contributed by atoms with E-state index in [-0.39, 0.29) is 5.91 Å². The van der Waals surface area contributed by atoms with Crippen molar-refractivity contribution in [2.45, 2.75) is 6.42 Å². The molecule has 0 saturated carbocycles. The molecule has 106 valence electrons. The van der Waals surface area contributed by atoms with Gasteiger partial charge < -0.3 is 15.4 Å². The van der Waals surface area contributed by atoms with Gasteiger partial charge in [-0.2, -0.15) is 0 Å². The largest absolute Gasteiger partial charge is 0.396 e. The molecule has 0 aromatic carbocycles. The Hall–Kier alpha value is -1.73. The van der Waals surface area contributed by atoms with E-state index in [1.54, 1.807) is 19.5 Å². The van der Waals surface area contributed by atoms with E-state index in [2.05, 4.69) is 9.97 Å². The van der Waals surface area contributed by atoms with E-state index in [0.717, 1.165) is 19.5 Å². The molecule has 0 radical (unpaired) electrons. The molecule has 1 aliphatic rings. The van der Waals surface area contributed by atoms with Crippen LogP contribution in [0.25, 0.3) is 10.3 Å². The van der Waals surface area contributed by atoms with Gasteiger partial charge in [-0.05, 0) is 6.42 Å². The van der Waals surface area contributed by atoms with E-state index >= 15 is 0 Å². The lowest BCUT2D eigenvalue weighted by Gasteiger charge is -2.15. The Kier molecular flexibility index (Phi) is 3.54. The predicted octanol–water partition coefficient (Wildman–Crippen LogP) is 1.38. The fourth-order valence-corrected chi connectivity index (χ4v) is 3.52. The monoisotopic (exact) mass is 292 g/mol. The summed E-state index contributed by atoms with van der Waals surface area (Å²) in [4.78, 5) is 24.0. The zero-order valence-corrected chi connectivity index (χ0v) is 12.0. The number of fused-ring (bicyclic) bond motifs is 1. The summed E-state index contributed by atoms with van der Waals surface area (Å²) < 4.78 is 5.15. The lowest BCUT2D eigenvalue weighted by Crippen LogP contribution is -2.29. The number of nitrogens with zero attached hydrogens (tertiary/aromatic N) is 3. The van der Waals surface area contributed by atoms with Crippen molar-refractivity contribution in [3.8, 4) is 0 Å². The maximum absolute atomic E-state index is 12.5. The first-order valence-electron chi connectivity index (χ1n) is 6.48. The molecule has 1 saturated heterocycles. The summed E-state index contributed by atoms with van der Waals surface area (Å²) in [5, 5.41) is 0. The van der Waals surface area contributed by atoms with Crippen LogP contribution in [0.3, 0.4) is 0 Å². The number of thiophene rings is 1. The van der Waals surface area contributed by atoms with E-state index in [1.165, 1.54) is 11.3 Å². The smallest absolute Gasteiger partial charge is 0.266 e. The van der Waals surface area contributed by atoms with Crippen molar-refractivity contribution < 1.29 is 9.53 Å². The number of carbonyl (C=O) groups excluding carboxylic acids is 1. The Morgan fingerprint density at radius 1 is 1.55 bits per heavy atom. The van der Waals surface area contributed by atoms with Crippen LogP contribution in [0.4, 0.5) is 5.69 Å². The molecular weight excluding hydrogens is 276 g/mol. The standard InChI is InChI=1S/C13H16N4O2S/c1-19-7-8-2-5-17(6-8)13(18)11-9(14)10-12(20-11)16-4-3-15-10/h3-4,8H,2,5-7,14H2,1H3. The van der Waals surface area contributed by atoms with Crippen LogP contribution >= 0.6 is 11.3 Å². The molecule has 0 spiro atoms. The molecule has 2 aromatic heterocycles. The third kappa shape index (κ3) is 2.23. The number of hydrogen-bond acceptors (Lipinski definition) is 6. The SMILES string of the molecule is COCC1CCN(C(=O)c2sc3nccnc3c2N)C1. The normalized spacial score (nSPS) is 18.9. The second-order valence-electron chi connectivity index (χ2n) is 4.92. The Morgan fingerprint density at radius 3 is 3.10 bits per heavy atom. The van der Waals surface area contributed by atoms with Gasteiger partial charge in [0.05, 0.1) is 12.3 Å². The zero-order chi connectivity index (χ0) is 14.1. The van der Waals surface area contributed by atoms with Crippen molar-refractivity contribution in [1.29, 1.82) is 0 Å². The van der Waals surface area contributed by atoms with Crippen molar-refractivity contribution in [3.63, 3.8) is 0 Å². The highest BCUT2D eigenvalue weighted by Crippen LogP contribution is 2.32. The van der Waals surface area contributed by atoms with E-state index < -0.39 is 0 Å². The number of aromatic nitrogens is 2. The lowest BCUT2D eigenvalue weighted by molar-refractivity contribution is 0.0781. The van der Waals surface area contributed by atoms with Gasteiger partial charge >= 0.3 is 0 Å². The number of amides is 1. The number of methoxy groups -OCH3 is 1. The average Bonchev–Trinajstić information content (AvgIpc) is 3.05. The maximum Gasteiger partial charge on any atom is 0.266 e. The number of carbonyl (C=O) groups is 1. The summed E-state index contributed by atoms with van der Waals surface area (Å²) in [6.07, 6.45) is 4.17. The third-order valence-electron chi connectivity index (χ3n) is 3.53. The van der Waals surface area contributed by atoms with E-state index in [0.29, 0.717) is 33.4 Å². The highest BCUT2D eigenvalue weighted by Gasteiger charge is 2.29. The molecule has 3 rings (SSSR count). The number of ether oxygens (including phenoxy) is 1. The first-order chi connectivity index (χ1) is 9.70. The van der Waals surface area contributed by atoms with E-state index in [4.69, 9.17) is 10.5 Å². The summed E-state index contributed by atoms with van der Waals surface area (Å²) in [7, 11) is 1.69. The predicted molar refractivity (Wildman–Crippen MR) is 77.7 cm³/mol. The molecule has 2 aromatic rings.